The molecule has 1 amide bonds. The summed E-state index contributed by atoms with van der Waals surface area (Å²) >= 11 is 1.69. The maximum absolute atomic E-state index is 11.6. The van der Waals surface area contributed by atoms with Crippen LogP contribution < -0.4 is 0 Å². The normalized spacial score (nSPS) is 30.1. The van der Waals surface area contributed by atoms with Gasteiger partial charge in [0.15, 0.2) is 0 Å². The summed E-state index contributed by atoms with van der Waals surface area (Å²) in [6.45, 7) is 1.99. The largest absolute Gasteiger partial charge is 0.341 e. The molecule has 2 aliphatic rings. The Kier molecular flexibility index (Phi) is 2.44. The number of carbonyl (C=O) groups is 1. The summed E-state index contributed by atoms with van der Waals surface area (Å²) in [4.78, 5) is 20.3. The third-order valence-electron chi connectivity index (χ3n) is 3.72. The van der Waals surface area contributed by atoms with Crippen molar-refractivity contribution in [3.63, 3.8) is 0 Å². The van der Waals surface area contributed by atoms with E-state index in [2.05, 4.69) is 9.88 Å². The van der Waals surface area contributed by atoms with Crippen LogP contribution in [0.25, 0.3) is 0 Å². The van der Waals surface area contributed by atoms with Gasteiger partial charge >= 0.3 is 0 Å². The number of amides is 1. The van der Waals surface area contributed by atoms with Crippen LogP contribution in [0.5, 0.6) is 0 Å². The summed E-state index contributed by atoms with van der Waals surface area (Å²) in [6.07, 6.45) is 3.64. The lowest BCUT2D eigenvalue weighted by molar-refractivity contribution is -0.127. The molecule has 2 saturated heterocycles. The number of likely N-dealkylation sites (tertiary alicyclic amines) is 2. The summed E-state index contributed by atoms with van der Waals surface area (Å²) < 4.78 is 0. The number of hydrogen-bond donors (Lipinski definition) is 0. The first-order valence-corrected chi connectivity index (χ1v) is 6.52. The molecule has 2 atom stereocenters. The van der Waals surface area contributed by atoms with Gasteiger partial charge in [0.25, 0.3) is 0 Å². The Morgan fingerprint density at radius 1 is 1.56 bits per heavy atom. The molecule has 1 aromatic heterocycles. The highest BCUT2D eigenvalue weighted by atomic mass is 32.1. The van der Waals surface area contributed by atoms with Gasteiger partial charge in [-0.1, -0.05) is 0 Å². The van der Waals surface area contributed by atoms with Crippen molar-refractivity contribution in [1.29, 1.82) is 0 Å². The highest BCUT2D eigenvalue weighted by molar-refractivity contribution is 7.09. The molecular formula is C11H15N3OS. The van der Waals surface area contributed by atoms with E-state index in [1.165, 1.54) is 0 Å². The van der Waals surface area contributed by atoms with Crippen LogP contribution in [-0.4, -0.2) is 46.4 Å². The van der Waals surface area contributed by atoms with Gasteiger partial charge in [-0.2, -0.15) is 0 Å². The number of carbonyl (C=O) groups excluding carboxylic acids is 1. The summed E-state index contributed by atoms with van der Waals surface area (Å²) in [5.74, 6) is 0.291. The van der Waals surface area contributed by atoms with Crippen molar-refractivity contribution in [2.45, 2.75) is 31.5 Å². The van der Waals surface area contributed by atoms with Crippen molar-refractivity contribution in [1.82, 2.24) is 14.8 Å². The smallest absolute Gasteiger partial charge is 0.224 e. The minimum Gasteiger partial charge on any atom is -0.341 e. The molecule has 3 rings (SSSR count). The third kappa shape index (κ3) is 1.55. The Morgan fingerprint density at radius 3 is 3.19 bits per heavy atom. The first-order chi connectivity index (χ1) is 7.75. The number of thiazole rings is 1. The predicted octanol–water partition coefficient (Wildman–Crippen LogP) is 0.948. The van der Waals surface area contributed by atoms with E-state index >= 15 is 0 Å². The van der Waals surface area contributed by atoms with Crippen LogP contribution in [0, 0.1) is 0 Å². The number of likely N-dealkylation sites (N-methyl/N-ethyl adjacent to an activating group) is 1. The molecular weight excluding hydrogens is 222 g/mol. The monoisotopic (exact) mass is 237 g/mol. The zero-order valence-electron chi connectivity index (χ0n) is 9.30. The van der Waals surface area contributed by atoms with Gasteiger partial charge in [0.2, 0.25) is 5.91 Å². The maximum Gasteiger partial charge on any atom is 0.224 e. The Morgan fingerprint density at radius 2 is 2.44 bits per heavy atom. The lowest BCUT2D eigenvalue weighted by atomic mass is 10.1. The van der Waals surface area contributed by atoms with Crippen LogP contribution in [-0.2, 0) is 11.3 Å². The molecule has 0 saturated carbocycles. The Hall–Kier alpha value is -0.940. The van der Waals surface area contributed by atoms with Crippen molar-refractivity contribution < 1.29 is 4.79 Å². The van der Waals surface area contributed by atoms with E-state index < -0.39 is 0 Å². The standard InChI is InChI=1S/C11H15N3OS/c1-13-8-2-4-14(9(8)6-11(13)15)7-10-12-3-5-16-10/h3,5,8-9H,2,4,6-7H2,1H3/t8-,9-/m1/s1. The molecule has 2 aliphatic heterocycles. The summed E-state index contributed by atoms with van der Waals surface area (Å²) in [5, 5.41) is 3.16. The van der Waals surface area contributed by atoms with Gasteiger partial charge < -0.3 is 4.90 Å². The Balaban J connectivity index is 1.72. The molecule has 0 spiro atoms. The van der Waals surface area contributed by atoms with E-state index in [1.54, 1.807) is 11.3 Å². The molecule has 1 aromatic rings. The molecule has 16 heavy (non-hydrogen) atoms. The topological polar surface area (TPSA) is 36.4 Å². The fraction of sp³-hybridized carbons (Fsp3) is 0.636. The molecule has 0 aliphatic carbocycles. The first-order valence-electron chi connectivity index (χ1n) is 5.64. The highest BCUT2D eigenvalue weighted by Gasteiger charge is 2.44. The molecule has 0 N–H and O–H groups in total. The van der Waals surface area contributed by atoms with Gasteiger partial charge in [-0.05, 0) is 6.42 Å². The molecule has 0 radical (unpaired) electrons. The van der Waals surface area contributed by atoms with E-state index in [-0.39, 0.29) is 0 Å². The molecule has 0 aromatic carbocycles. The molecule has 0 unspecified atom stereocenters. The molecule has 4 nitrogen and oxygen atoms in total. The van der Waals surface area contributed by atoms with Gasteiger partial charge in [0, 0.05) is 43.7 Å². The second-order valence-corrected chi connectivity index (χ2v) is 5.51. The van der Waals surface area contributed by atoms with Crippen molar-refractivity contribution in [2.24, 2.45) is 0 Å². The van der Waals surface area contributed by atoms with Gasteiger partial charge in [0.1, 0.15) is 5.01 Å². The number of nitrogens with zero attached hydrogens (tertiary/aromatic N) is 3. The average Bonchev–Trinajstić information content (AvgIpc) is 2.93. The van der Waals surface area contributed by atoms with Crippen molar-refractivity contribution >= 4 is 17.2 Å². The van der Waals surface area contributed by atoms with E-state index in [1.807, 2.05) is 23.5 Å². The fourth-order valence-electron chi connectivity index (χ4n) is 2.83. The molecule has 86 valence electrons. The third-order valence-corrected chi connectivity index (χ3v) is 4.49. The molecule has 0 bridgehead atoms. The average molecular weight is 237 g/mol. The van der Waals surface area contributed by atoms with Gasteiger partial charge in [0.05, 0.1) is 6.54 Å². The van der Waals surface area contributed by atoms with Crippen LogP contribution in [0.15, 0.2) is 11.6 Å². The number of rotatable bonds is 2. The highest BCUT2D eigenvalue weighted by Crippen LogP contribution is 2.32. The van der Waals surface area contributed by atoms with Crippen molar-refractivity contribution in [3.05, 3.63) is 16.6 Å². The lowest BCUT2D eigenvalue weighted by Crippen LogP contribution is -2.34. The van der Waals surface area contributed by atoms with E-state index in [4.69, 9.17) is 0 Å². The van der Waals surface area contributed by atoms with Crippen LogP contribution in [0.2, 0.25) is 0 Å². The fourth-order valence-corrected chi connectivity index (χ4v) is 3.47. The Labute approximate surface area is 98.9 Å². The quantitative estimate of drug-likeness (QED) is 0.768. The maximum atomic E-state index is 11.6. The number of fused-ring (bicyclic) bond motifs is 1. The zero-order chi connectivity index (χ0) is 11.1. The Bertz CT molecular complexity index is 392. The van der Waals surface area contributed by atoms with Gasteiger partial charge in [-0.3, -0.25) is 9.69 Å². The second-order valence-electron chi connectivity index (χ2n) is 4.53. The van der Waals surface area contributed by atoms with Crippen LogP contribution >= 0.6 is 11.3 Å². The van der Waals surface area contributed by atoms with Crippen LogP contribution in [0.3, 0.4) is 0 Å². The first kappa shape index (κ1) is 10.2. The van der Waals surface area contributed by atoms with Crippen molar-refractivity contribution in [2.75, 3.05) is 13.6 Å². The summed E-state index contributed by atoms with van der Waals surface area (Å²) in [7, 11) is 1.93. The van der Waals surface area contributed by atoms with Gasteiger partial charge in [-0.25, -0.2) is 4.98 Å². The predicted molar refractivity (Wildman–Crippen MR) is 62.1 cm³/mol. The van der Waals surface area contributed by atoms with Crippen LogP contribution in [0.1, 0.15) is 17.8 Å². The van der Waals surface area contributed by atoms with E-state index in [0.717, 1.165) is 24.5 Å². The minimum absolute atomic E-state index is 0.291. The lowest BCUT2D eigenvalue weighted by Gasteiger charge is -2.22. The number of hydrogen-bond acceptors (Lipinski definition) is 4. The van der Waals surface area contributed by atoms with Crippen LogP contribution in [0.4, 0.5) is 0 Å². The second kappa shape index (κ2) is 3.82. The summed E-state index contributed by atoms with van der Waals surface area (Å²) in [5.41, 5.74) is 0. The molecule has 5 heteroatoms. The molecule has 2 fully saturated rings. The minimum atomic E-state index is 0.291. The summed E-state index contributed by atoms with van der Waals surface area (Å²) in [6, 6.07) is 0.855. The van der Waals surface area contributed by atoms with E-state index in [9.17, 15) is 4.79 Å². The molecule has 3 heterocycles. The zero-order valence-corrected chi connectivity index (χ0v) is 10.1. The van der Waals surface area contributed by atoms with E-state index in [0.29, 0.717) is 24.4 Å². The SMILES string of the molecule is CN1C(=O)C[C@@H]2[C@H]1CCN2Cc1nccs1. The number of aromatic nitrogens is 1. The van der Waals surface area contributed by atoms with Gasteiger partial charge in [-0.15, -0.1) is 11.3 Å². The van der Waals surface area contributed by atoms with Crippen molar-refractivity contribution in [3.8, 4) is 0 Å².